The van der Waals surface area contributed by atoms with E-state index in [1.165, 1.54) is 0 Å². The van der Waals surface area contributed by atoms with Gasteiger partial charge >= 0.3 is 0 Å². The van der Waals surface area contributed by atoms with Crippen molar-refractivity contribution in [1.82, 2.24) is 4.90 Å². The maximum atomic E-state index is 12.2. The molecule has 1 amide bonds. The van der Waals surface area contributed by atoms with Gasteiger partial charge in [-0.1, -0.05) is 19.1 Å². The zero-order valence-corrected chi connectivity index (χ0v) is 10.9. The fourth-order valence-corrected chi connectivity index (χ4v) is 3.02. The molecule has 95 valence electrons. The zero-order valence-electron chi connectivity index (χ0n) is 10.9. The highest BCUT2D eigenvalue weighted by molar-refractivity contribution is 6.38. The van der Waals surface area contributed by atoms with Crippen LogP contribution in [-0.4, -0.2) is 37.2 Å². The van der Waals surface area contributed by atoms with Crippen molar-refractivity contribution in [2.45, 2.75) is 57.2 Å². The first kappa shape index (κ1) is 12.9. The van der Waals surface area contributed by atoms with Crippen molar-refractivity contribution in [3.63, 3.8) is 0 Å². The summed E-state index contributed by atoms with van der Waals surface area (Å²) in [6, 6.07) is 0.381. The highest BCUT2D eigenvalue weighted by atomic mass is 16.2. The van der Waals surface area contributed by atoms with Crippen LogP contribution in [0.4, 0.5) is 0 Å². The molecule has 1 atom stereocenters. The second-order valence-corrected chi connectivity index (χ2v) is 5.83. The molecule has 2 fully saturated rings. The molecule has 0 aromatic heterocycles. The lowest BCUT2D eigenvalue weighted by atomic mass is 9.60. The van der Waals surface area contributed by atoms with E-state index in [1.807, 2.05) is 0 Å². The molecule has 1 aliphatic carbocycles. The summed E-state index contributed by atoms with van der Waals surface area (Å²) in [5, 5.41) is 0. The monoisotopic (exact) mass is 235 g/mol. The Morgan fingerprint density at radius 2 is 2.06 bits per heavy atom. The highest BCUT2D eigenvalue weighted by Crippen LogP contribution is 2.27. The molecule has 2 rings (SSSR count). The van der Waals surface area contributed by atoms with Crippen LogP contribution in [0.5, 0.6) is 0 Å². The minimum atomic E-state index is 0.366. The average molecular weight is 235 g/mol. The Balaban J connectivity index is 1.76. The molecular weight excluding hydrogens is 211 g/mol. The standard InChI is InChI=1S/C13H24BN2O/c1-10-9-16(7-6-14-10)13(17)8-11-2-4-12(15)5-3-11/h10-12H,2-9,15H2,1H3/t10-,11?,12?/m0/s1. The number of hydrogen-bond donors (Lipinski definition) is 1. The number of rotatable bonds is 2. The predicted molar refractivity (Wildman–Crippen MR) is 71.1 cm³/mol. The Hall–Kier alpha value is -0.505. The molecule has 0 bridgehead atoms. The van der Waals surface area contributed by atoms with Crippen molar-refractivity contribution in [2.75, 3.05) is 13.1 Å². The topological polar surface area (TPSA) is 46.3 Å². The third-order valence-corrected chi connectivity index (χ3v) is 4.18. The first-order valence-electron chi connectivity index (χ1n) is 7.02. The second kappa shape index (κ2) is 5.90. The van der Waals surface area contributed by atoms with Gasteiger partial charge in [0.25, 0.3) is 0 Å². The van der Waals surface area contributed by atoms with Crippen molar-refractivity contribution in [3.05, 3.63) is 0 Å². The fourth-order valence-electron chi connectivity index (χ4n) is 3.02. The van der Waals surface area contributed by atoms with Gasteiger partial charge in [0.15, 0.2) is 0 Å². The van der Waals surface area contributed by atoms with Crippen LogP contribution in [0.1, 0.15) is 39.0 Å². The number of amides is 1. The molecule has 2 N–H and O–H groups in total. The Labute approximate surface area is 105 Å². The number of hydrogen-bond acceptors (Lipinski definition) is 2. The summed E-state index contributed by atoms with van der Waals surface area (Å²) < 4.78 is 0. The van der Waals surface area contributed by atoms with Gasteiger partial charge in [-0.3, -0.25) is 4.79 Å². The van der Waals surface area contributed by atoms with Gasteiger partial charge in [0.2, 0.25) is 5.91 Å². The van der Waals surface area contributed by atoms with Gasteiger partial charge in [-0.25, -0.2) is 0 Å². The van der Waals surface area contributed by atoms with Crippen LogP contribution < -0.4 is 5.73 Å². The van der Waals surface area contributed by atoms with Crippen LogP contribution in [0.25, 0.3) is 0 Å². The van der Waals surface area contributed by atoms with E-state index in [0.717, 1.165) is 51.5 Å². The molecule has 0 unspecified atom stereocenters. The number of carbonyl (C=O) groups is 1. The first-order valence-corrected chi connectivity index (χ1v) is 7.02. The van der Waals surface area contributed by atoms with Gasteiger partial charge in [-0.2, -0.15) is 0 Å². The second-order valence-electron chi connectivity index (χ2n) is 5.83. The zero-order chi connectivity index (χ0) is 12.3. The largest absolute Gasteiger partial charge is 0.344 e. The molecule has 0 spiro atoms. The lowest BCUT2D eigenvalue weighted by Gasteiger charge is -2.33. The third kappa shape index (κ3) is 3.73. The fraction of sp³-hybridized carbons (Fsp3) is 0.923. The SMILES string of the molecule is C[C@@H]1[B]CCN(C(=O)CC2CCC(N)CC2)C1. The van der Waals surface area contributed by atoms with Crippen LogP contribution in [0, 0.1) is 5.92 Å². The Kier molecular flexibility index (Phi) is 4.49. The van der Waals surface area contributed by atoms with E-state index >= 15 is 0 Å². The molecule has 17 heavy (non-hydrogen) atoms. The summed E-state index contributed by atoms with van der Waals surface area (Å²) in [5.41, 5.74) is 5.89. The van der Waals surface area contributed by atoms with E-state index < -0.39 is 0 Å². The maximum absolute atomic E-state index is 12.2. The first-order chi connectivity index (χ1) is 8.15. The molecule has 0 aromatic rings. The van der Waals surface area contributed by atoms with E-state index in [9.17, 15) is 4.79 Å². The normalized spacial score (nSPS) is 34.2. The molecular formula is C13H24BN2O. The van der Waals surface area contributed by atoms with Crippen molar-refractivity contribution < 1.29 is 4.79 Å². The van der Waals surface area contributed by atoms with Crippen LogP contribution in [0.3, 0.4) is 0 Å². The van der Waals surface area contributed by atoms with Crippen LogP contribution in [-0.2, 0) is 4.79 Å². The van der Waals surface area contributed by atoms with Gasteiger partial charge < -0.3 is 10.6 Å². The highest BCUT2D eigenvalue weighted by Gasteiger charge is 2.26. The van der Waals surface area contributed by atoms with Gasteiger partial charge in [0, 0.05) is 25.6 Å². The van der Waals surface area contributed by atoms with Crippen molar-refractivity contribution in [2.24, 2.45) is 11.7 Å². The summed E-state index contributed by atoms with van der Waals surface area (Å²) in [7, 11) is 2.32. The Morgan fingerprint density at radius 3 is 2.71 bits per heavy atom. The average Bonchev–Trinajstić information content (AvgIpc) is 2.32. The van der Waals surface area contributed by atoms with Crippen LogP contribution >= 0.6 is 0 Å². The smallest absolute Gasteiger partial charge is 0.222 e. The van der Waals surface area contributed by atoms with E-state index in [-0.39, 0.29) is 0 Å². The van der Waals surface area contributed by atoms with Crippen LogP contribution in [0.15, 0.2) is 0 Å². The Bertz CT molecular complexity index is 264. The summed E-state index contributed by atoms with van der Waals surface area (Å²) in [6.07, 6.45) is 6.29. The maximum Gasteiger partial charge on any atom is 0.222 e. The van der Waals surface area contributed by atoms with E-state index in [2.05, 4.69) is 19.1 Å². The summed E-state index contributed by atoms with van der Waals surface area (Å²) in [5.74, 6) is 1.52. The number of nitrogens with two attached hydrogens (primary N) is 1. The Morgan fingerprint density at radius 1 is 1.35 bits per heavy atom. The minimum absolute atomic E-state index is 0.366. The molecule has 4 heteroatoms. The molecule has 1 heterocycles. The minimum Gasteiger partial charge on any atom is -0.344 e. The third-order valence-electron chi connectivity index (χ3n) is 4.18. The molecule has 1 aliphatic heterocycles. The quantitative estimate of drug-likeness (QED) is 0.740. The molecule has 1 saturated carbocycles. The molecule has 2 aliphatic rings. The van der Waals surface area contributed by atoms with Crippen molar-refractivity contribution in [1.29, 1.82) is 0 Å². The number of carbonyl (C=O) groups excluding carboxylic acids is 1. The van der Waals surface area contributed by atoms with Crippen LogP contribution in [0.2, 0.25) is 12.1 Å². The number of nitrogens with zero attached hydrogens (tertiary/aromatic N) is 1. The van der Waals surface area contributed by atoms with Gasteiger partial charge in [-0.15, -0.1) is 0 Å². The summed E-state index contributed by atoms with van der Waals surface area (Å²) in [6.45, 7) is 4.04. The molecule has 0 aromatic carbocycles. The predicted octanol–water partition coefficient (Wildman–Crippen LogP) is 1.67. The summed E-state index contributed by atoms with van der Waals surface area (Å²) >= 11 is 0. The van der Waals surface area contributed by atoms with Crippen molar-refractivity contribution >= 4 is 13.2 Å². The lowest BCUT2D eigenvalue weighted by Crippen LogP contribution is -2.40. The lowest BCUT2D eigenvalue weighted by molar-refractivity contribution is -0.132. The van der Waals surface area contributed by atoms with Crippen molar-refractivity contribution in [3.8, 4) is 0 Å². The molecule has 1 radical (unpaired) electrons. The van der Waals surface area contributed by atoms with E-state index in [1.54, 1.807) is 0 Å². The van der Waals surface area contributed by atoms with Gasteiger partial charge in [0.05, 0.1) is 0 Å². The molecule has 1 saturated heterocycles. The van der Waals surface area contributed by atoms with E-state index in [0.29, 0.717) is 23.7 Å². The molecule has 3 nitrogen and oxygen atoms in total. The van der Waals surface area contributed by atoms with E-state index in [4.69, 9.17) is 5.73 Å². The van der Waals surface area contributed by atoms with Gasteiger partial charge in [-0.05, 0) is 31.6 Å². The van der Waals surface area contributed by atoms with Gasteiger partial charge in [0.1, 0.15) is 7.28 Å². The summed E-state index contributed by atoms with van der Waals surface area (Å²) in [4.78, 5) is 14.2.